The van der Waals surface area contributed by atoms with Gasteiger partial charge in [-0.25, -0.2) is 5.01 Å². The van der Waals surface area contributed by atoms with Crippen LogP contribution in [0.3, 0.4) is 0 Å². The first-order valence-electron chi connectivity index (χ1n) is 5.50. The molecule has 1 amide bonds. The first-order valence-corrected chi connectivity index (χ1v) is 5.50. The van der Waals surface area contributed by atoms with Crippen molar-refractivity contribution in [2.45, 2.75) is 61.8 Å². The molecule has 1 aliphatic rings. The Bertz CT molecular complexity index is 176. The number of carbonyl (C=O) groups is 1. The van der Waals surface area contributed by atoms with Crippen molar-refractivity contribution in [3.63, 3.8) is 0 Å². The molecule has 3 nitrogen and oxygen atoms in total. The molecule has 1 aliphatic heterocycles. The van der Waals surface area contributed by atoms with Crippen LogP contribution >= 0.6 is 0 Å². The van der Waals surface area contributed by atoms with Gasteiger partial charge in [0.2, 0.25) is 5.91 Å². The molecule has 0 saturated carbocycles. The minimum Gasteiger partial charge on any atom is -0.273 e. The Morgan fingerprint density at radius 3 is 1.80 bits per heavy atom. The van der Waals surface area contributed by atoms with Crippen molar-refractivity contribution in [2.75, 3.05) is 6.54 Å². The fourth-order valence-corrected chi connectivity index (χ4v) is 0.854. The van der Waals surface area contributed by atoms with Crippen molar-refractivity contribution in [1.82, 2.24) is 5.01 Å². The van der Waals surface area contributed by atoms with Gasteiger partial charge in [0.25, 0.3) is 0 Å². The second-order valence-electron chi connectivity index (χ2n) is 2.83. The average molecular weight is 216 g/mol. The smallest absolute Gasteiger partial charge is 0.248 e. The number of amides is 1. The molecule has 3 heteroatoms. The lowest BCUT2D eigenvalue weighted by molar-refractivity contribution is -0.128. The first-order chi connectivity index (χ1) is 6.65. The zero-order valence-electron chi connectivity index (χ0n) is 10.4. The minimum atomic E-state index is 0. The summed E-state index contributed by atoms with van der Waals surface area (Å²) in [5, 5.41) is 5.48. The predicted octanol–water partition coefficient (Wildman–Crippen LogP) is 3.69. The molecule has 1 rings (SSSR count). The molecular weight excluding hydrogens is 188 g/mol. The summed E-state index contributed by atoms with van der Waals surface area (Å²) >= 11 is 0. The van der Waals surface area contributed by atoms with Crippen LogP contribution in [0.4, 0.5) is 0 Å². The molecule has 15 heavy (non-hydrogen) atoms. The summed E-state index contributed by atoms with van der Waals surface area (Å²) in [6.45, 7) is 12.7. The van der Waals surface area contributed by atoms with Gasteiger partial charge in [0.05, 0.1) is 6.42 Å². The first kappa shape index (κ1) is 19.7. The number of hydrogen-bond donors (Lipinski definition) is 0. The van der Waals surface area contributed by atoms with Crippen molar-refractivity contribution in [3.05, 3.63) is 0 Å². The molecule has 0 saturated heterocycles. The standard InChI is InChI=1S/C6H10N2O.C3H8.C2H6.CH4/c1-3-8-6(9)4-5(2)7-8;1-3-2;1-2;/h3-4H2,1-2H3;3H2,1-2H3;1-2H3;1H4. The van der Waals surface area contributed by atoms with Crippen LogP contribution in [0, 0.1) is 0 Å². The van der Waals surface area contributed by atoms with Crippen LogP contribution in [-0.2, 0) is 4.79 Å². The van der Waals surface area contributed by atoms with Crippen molar-refractivity contribution >= 4 is 11.6 Å². The van der Waals surface area contributed by atoms with Gasteiger partial charge < -0.3 is 0 Å². The molecule has 0 N–H and O–H groups in total. The summed E-state index contributed by atoms with van der Waals surface area (Å²) in [4.78, 5) is 10.8. The number of carbonyl (C=O) groups excluding carboxylic acids is 1. The molecule has 0 atom stereocenters. The third kappa shape index (κ3) is 9.44. The number of hydrogen-bond acceptors (Lipinski definition) is 2. The Kier molecular flexibility index (Phi) is 17.2. The van der Waals surface area contributed by atoms with Crippen LogP contribution in [0.25, 0.3) is 0 Å². The maximum Gasteiger partial charge on any atom is 0.248 e. The van der Waals surface area contributed by atoms with Crippen LogP contribution in [0.15, 0.2) is 5.10 Å². The molecule has 0 aromatic rings. The molecule has 0 spiro atoms. The number of rotatable bonds is 1. The van der Waals surface area contributed by atoms with Crippen LogP contribution in [0.1, 0.15) is 61.8 Å². The summed E-state index contributed by atoms with van der Waals surface area (Å²) in [5.41, 5.74) is 0.918. The Labute approximate surface area is 95.6 Å². The predicted molar refractivity (Wildman–Crippen MR) is 69.2 cm³/mol. The average Bonchev–Trinajstić information content (AvgIpc) is 2.49. The van der Waals surface area contributed by atoms with Gasteiger partial charge in [-0.15, -0.1) is 0 Å². The van der Waals surface area contributed by atoms with E-state index in [-0.39, 0.29) is 13.3 Å². The van der Waals surface area contributed by atoms with Gasteiger partial charge in [0.15, 0.2) is 0 Å². The van der Waals surface area contributed by atoms with E-state index in [4.69, 9.17) is 0 Å². The topological polar surface area (TPSA) is 32.7 Å². The summed E-state index contributed by atoms with van der Waals surface area (Å²) in [5.74, 6) is 0.120. The molecule has 0 bridgehead atoms. The molecule has 0 aliphatic carbocycles. The normalized spacial score (nSPS) is 12.8. The van der Waals surface area contributed by atoms with Crippen LogP contribution < -0.4 is 0 Å². The van der Waals surface area contributed by atoms with E-state index in [1.807, 2.05) is 27.7 Å². The van der Waals surface area contributed by atoms with E-state index in [2.05, 4.69) is 18.9 Å². The highest BCUT2D eigenvalue weighted by atomic mass is 16.2. The largest absolute Gasteiger partial charge is 0.273 e. The van der Waals surface area contributed by atoms with Crippen molar-refractivity contribution in [2.24, 2.45) is 5.10 Å². The zero-order valence-corrected chi connectivity index (χ0v) is 10.4. The lowest BCUT2D eigenvalue weighted by atomic mass is 10.3. The maximum absolute atomic E-state index is 10.8. The monoisotopic (exact) mass is 216 g/mol. The van der Waals surface area contributed by atoms with Crippen molar-refractivity contribution < 1.29 is 4.79 Å². The highest BCUT2D eigenvalue weighted by Gasteiger charge is 2.18. The van der Waals surface area contributed by atoms with Gasteiger partial charge in [-0.2, -0.15) is 5.10 Å². The summed E-state index contributed by atoms with van der Waals surface area (Å²) in [7, 11) is 0. The molecule has 0 aromatic heterocycles. The number of hydrazone groups is 1. The lowest BCUT2D eigenvalue weighted by Gasteiger charge is -2.05. The van der Waals surface area contributed by atoms with Gasteiger partial charge in [-0.3, -0.25) is 4.79 Å². The maximum atomic E-state index is 10.8. The minimum absolute atomic E-state index is 0. The summed E-state index contributed by atoms with van der Waals surface area (Å²) < 4.78 is 0. The second kappa shape index (κ2) is 13.1. The quantitative estimate of drug-likeness (QED) is 0.658. The van der Waals surface area contributed by atoms with Crippen LogP contribution in [-0.4, -0.2) is 23.2 Å². The fraction of sp³-hybridized carbons (Fsp3) is 0.833. The Morgan fingerprint density at radius 1 is 1.27 bits per heavy atom. The van der Waals surface area contributed by atoms with E-state index in [9.17, 15) is 4.79 Å². The second-order valence-corrected chi connectivity index (χ2v) is 2.83. The van der Waals surface area contributed by atoms with E-state index >= 15 is 0 Å². The van der Waals surface area contributed by atoms with Gasteiger partial charge in [0, 0.05) is 12.3 Å². The van der Waals surface area contributed by atoms with Crippen molar-refractivity contribution in [3.8, 4) is 0 Å². The number of nitrogens with zero attached hydrogens (tertiary/aromatic N) is 2. The van der Waals surface area contributed by atoms with Crippen molar-refractivity contribution in [1.29, 1.82) is 0 Å². The molecule has 0 aromatic carbocycles. The molecule has 1 heterocycles. The van der Waals surface area contributed by atoms with Crippen LogP contribution in [0.2, 0.25) is 0 Å². The SMILES string of the molecule is C.CC.CCC.CCN1N=C(C)CC1=O. The highest BCUT2D eigenvalue weighted by Crippen LogP contribution is 2.05. The van der Waals surface area contributed by atoms with Gasteiger partial charge >= 0.3 is 0 Å². The molecule has 0 fully saturated rings. The molecular formula is C12H28N2O. The third-order valence-electron chi connectivity index (χ3n) is 1.29. The van der Waals surface area contributed by atoms with Gasteiger partial charge in [0.1, 0.15) is 0 Å². The molecule has 92 valence electrons. The van der Waals surface area contributed by atoms with Crippen LogP contribution in [0.5, 0.6) is 0 Å². The molecule has 0 unspecified atom stereocenters. The van der Waals surface area contributed by atoms with E-state index in [1.54, 1.807) is 0 Å². The van der Waals surface area contributed by atoms with E-state index in [1.165, 1.54) is 11.4 Å². The fourth-order valence-electron chi connectivity index (χ4n) is 0.854. The highest BCUT2D eigenvalue weighted by molar-refractivity contribution is 6.03. The lowest BCUT2D eigenvalue weighted by Crippen LogP contribution is -2.19. The Morgan fingerprint density at radius 2 is 1.67 bits per heavy atom. The van der Waals surface area contributed by atoms with E-state index < -0.39 is 0 Å². The summed E-state index contributed by atoms with van der Waals surface area (Å²) in [6.07, 6.45) is 1.76. The zero-order chi connectivity index (χ0) is 11.6. The van der Waals surface area contributed by atoms with E-state index in [0.29, 0.717) is 13.0 Å². The Hall–Kier alpha value is -0.860. The summed E-state index contributed by atoms with van der Waals surface area (Å²) in [6, 6.07) is 0. The third-order valence-corrected chi connectivity index (χ3v) is 1.29. The van der Waals surface area contributed by atoms with Gasteiger partial charge in [-0.05, 0) is 13.8 Å². The van der Waals surface area contributed by atoms with Gasteiger partial charge in [-0.1, -0.05) is 41.5 Å². The Balaban J connectivity index is -0.000000209. The van der Waals surface area contributed by atoms with E-state index in [0.717, 1.165) is 5.71 Å². The molecule has 0 radical (unpaired) electrons.